The summed E-state index contributed by atoms with van der Waals surface area (Å²) in [7, 11) is 0. The maximum atomic E-state index is 12.0. The van der Waals surface area contributed by atoms with Crippen LogP contribution in [0.1, 0.15) is 12.8 Å². The van der Waals surface area contributed by atoms with E-state index in [1.165, 1.54) is 0 Å². The molecule has 13 heteroatoms. The summed E-state index contributed by atoms with van der Waals surface area (Å²) in [5, 5.41) is 41.8. The number of aliphatic hydroxyl groups is 4. The van der Waals surface area contributed by atoms with Crippen molar-refractivity contribution in [3.05, 3.63) is 0 Å². The Balaban J connectivity index is 2.12. The zero-order chi connectivity index (χ0) is 21.7. The molecule has 2 aliphatic rings. The van der Waals surface area contributed by atoms with E-state index in [0.29, 0.717) is 6.42 Å². The van der Waals surface area contributed by atoms with Crippen molar-refractivity contribution in [2.45, 2.75) is 73.9 Å². The number of hydrogen-bond acceptors (Lipinski definition) is 12. The van der Waals surface area contributed by atoms with Crippen LogP contribution in [0.4, 0.5) is 4.79 Å². The molecule has 1 saturated carbocycles. The number of hydrogen-bond donors (Lipinski definition) is 9. The second-order valence-electron chi connectivity index (χ2n) is 7.37. The Morgan fingerprint density at radius 3 is 2.38 bits per heavy atom. The molecule has 0 bridgehead atoms. The van der Waals surface area contributed by atoms with E-state index < -0.39 is 67.1 Å². The number of ether oxygens (including phenoxy) is 3. The van der Waals surface area contributed by atoms with E-state index in [9.17, 15) is 20.1 Å². The van der Waals surface area contributed by atoms with Crippen LogP contribution < -0.4 is 28.3 Å². The third kappa shape index (κ3) is 5.73. The summed E-state index contributed by atoms with van der Waals surface area (Å²) in [5.74, 6) is 0. The first-order valence-electron chi connectivity index (χ1n) is 9.58. The molecule has 0 radical (unpaired) electrons. The quantitative estimate of drug-likeness (QED) is 0.175. The van der Waals surface area contributed by atoms with Gasteiger partial charge in [0.25, 0.3) is 0 Å². The standard InChI is InChI=1S/C16H33N5O8/c17-5-8-11(24)12(25)9(20)15(27-8)28-13-7(19)4-6(18)10(23)14(13)29-16(26)21-2-1-3-22/h6-15,22-25H,1-5,17-20H2,(H,21,26)/t6-,7-,8+,9+,10-,11+,12+,13+,14+,15+/m0/s1. The summed E-state index contributed by atoms with van der Waals surface area (Å²) in [6, 6.07) is -2.63. The number of nitrogens with one attached hydrogen (secondary N) is 1. The smallest absolute Gasteiger partial charge is 0.407 e. The Bertz CT molecular complexity index is 530. The fraction of sp³-hybridized carbons (Fsp3) is 0.938. The third-order valence-electron chi connectivity index (χ3n) is 5.18. The molecule has 0 aromatic carbocycles. The third-order valence-corrected chi connectivity index (χ3v) is 5.18. The Labute approximate surface area is 168 Å². The van der Waals surface area contributed by atoms with Crippen LogP contribution in [0.15, 0.2) is 0 Å². The van der Waals surface area contributed by atoms with Gasteiger partial charge < -0.3 is 62.9 Å². The molecule has 1 amide bonds. The number of alkyl carbamates (subject to hydrolysis) is 1. The highest BCUT2D eigenvalue weighted by molar-refractivity contribution is 5.67. The lowest BCUT2D eigenvalue weighted by Crippen LogP contribution is -2.68. The van der Waals surface area contributed by atoms with Gasteiger partial charge in [0, 0.05) is 31.8 Å². The van der Waals surface area contributed by atoms with Gasteiger partial charge in [0.2, 0.25) is 0 Å². The van der Waals surface area contributed by atoms with Crippen LogP contribution in [-0.4, -0.2) is 107 Å². The maximum Gasteiger partial charge on any atom is 0.407 e. The fourth-order valence-electron chi connectivity index (χ4n) is 3.44. The zero-order valence-corrected chi connectivity index (χ0v) is 16.0. The van der Waals surface area contributed by atoms with Gasteiger partial charge >= 0.3 is 6.09 Å². The molecule has 0 aromatic heterocycles. The Kier molecular flexibility index (Phi) is 8.96. The first-order chi connectivity index (χ1) is 13.7. The fourth-order valence-corrected chi connectivity index (χ4v) is 3.44. The Morgan fingerprint density at radius 2 is 1.76 bits per heavy atom. The van der Waals surface area contributed by atoms with Crippen molar-refractivity contribution in [1.29, 1.82) is 0 Å². The number of aliphatic hydroxyl groups excluding tert-OH is 4. The average Bonchev–Trinajstić information content (AvgIpc) is 2.68. The summed E-state index contributed by atoms with van der Waals surface area (Å²) >= 11 is 0. The molecule has 13 nitrogen and oxygen atoms in total. The van der Waals surface area contributed by atoms with E-state index in [1.807, 2.05) is 0 Å². The van der Waals surface area contributed by atoms with Gasteiger partial charge in [-0.05, 0) is 12.8 Å². The molecule has 13 N–H and O–H groups in total. The van der Waals surface area contributed by atoms with Crippen LogP contribution in [0.3, 0.4) is 0 Å². The average molecular weight is 423 g/mol. The second-order valence-corrected chi connectivity index (χ2v) is 7.37. The molecule has 0 aromatic rings. The van der Waals surface area contributed by atoms with Gasteiger partial charge in [-0.2, -0.15) is 0 Å². The number of carbonyl (C=O) groups is 1. The molecule has 2 rings (SSSR count). The summed E-state index contributed by atoms with van der Waals surface area (Å²) in [6.45, 7) is -0.0376. The molecule has 170 valence electrons. The molecule has 1 heterocycles. The summed E-state index contributed by atoms with van der Waals surface area (Å²) in [5.41, 5.74) is 23.5. The molecule has 0 spiro atoms. The van der Waals surface area contributed by atoms with Gasteiger partial charge in [0.05, 0.1) is 6.04 Å². The minimum atomic E-state index is -1.37. The minimum absolute atomic E-state index is 0.0950. The van der Waals surface area contributed by atoms with Crippen LogP contribution >= 0.6 is 0 Å². The van der Waals surface area contributed by atoms with Crippen LogP contribution in [0, 0.1) is 0 Å². The number of carbonyl (C=O) groups excluding carboxylic acids is 1. The number of amides is 1. The lowest BCUT2D eigenvalue weighted by Gasteiger charge is -2.46. The maximum absolute atomic E-state index is 12.0. The van der Waals surface area contributed by atoms with E-state index in [0.717, 1.165) is 0 Å². The predicted molar refractivity (Wildman–Crippen MR) is 99.1 cm³/mol. The van der Waals surface area contributed by atoms with Gasteiger partial charge in [-0.25, -0.2) is 4.79 Å². The molecule has 10 atom stereocenters. The first-order valence-corrected chi connectivity index (χ1v) is 9.58. The van der Waals surface area contributed by atoms with E-state index in [-0.39, 0.29) is 26.1 Å². The highest BCUT2D eigenvalue weighted by atomic mass is 16.7. The summed E-state index contributed by atoms with van der Waals surface area (Å²) in [4.78, 5) is 12.0. The van der Waals surface area contributed by atoms with Gasteiger partial charge in [-0.1, -0.05) is 0 Å². The highest BCUT2D eigenvalue weighted by Gasteiger charge is 2.49. The Hall–Kier alpha value is -1.13. The van der Waals surface area contributed by atoms with Crippen molar-refractivity contribution in [2.75, 3.05) is 19.7 Å². The Morgan fingerprint density at radius 1 is 1.07 bits per heavy atom. The van der Waals surface area contributed by atoms with E-state index in [2.05, 4.69) is 5.32 Å². The number of nitrogens with two attached hydrogens (primary N) is 4. The van der Waals surface area contributed by atoms with Gasteiger partial charge in [-0.3, -0.25) is 0 Å². The van der Waals surface area contributed by atoms with Gasteiger partial charge in [0.15, 0.2) is 12.4 Å². The molecule has 1 saturated heterocycles. The molecule has 0 unspecified atom stereocenters. The van der Waals surface area contributed by atoms with Gasteiger partial charge in [-0.15, -0.1) is 0 Å². The van der Waals surface area contributed by atoms with Crippen LogP contribution in [0.5, 0.6) is 0 Å². The minimum Gasteiger partial charge on any atom is -0.441 e. The number of rotatable bonds is 7. The summed E-state index contributed by atoms with van der Waals surface area (Å²) in [6.07, 6.45) is -8.72. The van der Waals surface area contributed by atoms with Crippen molar-refractivity contribution >= 4 is 6.09 Å². The van der Waals surface area contributed by atoms with E-state index in [1.54, 1.807) is 0 Å². The normalized spacial score (nSPS) is 43.0. The van der Waals surface area contributed by atoms with Crippen LogP contribution in [0.25, 0.3) is 0 Å². The molecule has 2 fully saturated rings. The summed E-state index contributed by atoms with van der Waals surface area (Å²) < 4.78 is 16.6. The van der Waals surface area contributed by atoms with Crippen molar-refractivity contribution in [3.63, 3.8) is 0 Å². The lowest BCUT2D eigenvalue weighted by atomic mass is 9.84. The SMILES string of the molecule is NC[C@H]1O[C@H](O[C@H]2[C@H](OC(=O)NCCCO)[C@@H](O)[C@@H](N)C[C@@H]2N)[C@H](N)[C@@H](O)[C@@H]1O. The first kappa shape index (κ1) is 24.1. The predicted octanol–water partition coefficient (Wildman–Crippen LogP) is -5.00. The monoisotopic (exact) mass is 423 g/mol. The molecule has 29 heavy (non-hydrogen) atoms. The highest BCUT2D eigenvalue weighted by Crippen LogP contribution is 2.28. The molecule has 1 aliphatic heterocycles. The molecule has 1 aliphatic carbocycles. The van der Waals surface area contributed by atoms with Crippen molar-refractivity contribution < 1.29 is 39.4 Å². The van der Waals surface area contributed by atoms with Crippen LogP contribution in [0.2, 0.25) is 0 Å². The van der Waals surface area contributed by atoms with Crippen molar-refractivity contribution in [1.82, 2.24) is 5.32 Å². The lowest BCUT2D eigenvalue weighted by molar-refractivity contribution is -0.287. The van der Waals surface area contributed by atoms with E-state index in [4.69, 9.17) is 42.3 Å². The van der Waals surface area contributed by atoms with Crippen molar-refractivity contribution in [2.24, 2.45) is 22.9 Å². The van der Waals surface area contributed by atoms with E-state index >= 15 is 0 Å². The van der Waals surface area contributed by atoms with Crippen LogP contribution in [-0.2, 0) is 14.2 Å². The van der Waals surface area contributed by atoms with Crippen molar-refractivity contribution in [3.8, 4) is 0 Å². The zero-order valence-electron chi connectivity index (χ0n) is 16.0. The molecular weight excluding hydrogens is 390 g/mol. The molecular formula is C16H33N5O8. The second kappa shape index (κ2) is 10.8. The topological polar surface area (TPSA) is 242 Å². The van der Waals surface area contributed by atoms with Gasteiger partial charge in [0.1, 0.15) is 30.5 Å². The largest absolute Gasteiger partial charge is 0.441 e.